The van der Waals surface area contributed by atoms with Gasteiger partial charge < -0.3 is 10.2 Å². The lowest BCUT2D eigenvalue weighted by Gasteiger charge is -2.30. The Morgan fingerprint density at radius 2 is 2.11 bits per heavy atom. The predicted molar refractivity (Wildman–Crippen MR) is 78.1 cm³/mol. The molecule has 2 unspecified atom stereocenters. The summed E-state index contributed by atoms with van der Waals surface area (Å²) in [5.41, 5.74) is 1.40. The minimum absolute atomic E-state index is 0.274. The van der Waals surface area contributed by atoms with Crippen LogP contribution in [0.2, 0.25) is 0 Å². The Morgan fingerprint density at radius 1 is 1.37 bits per heavy atom. The van der Waals surface area contributed by atoms with Crippen LogP contribution in [0.25, 0.3) is 0 Å². The molecule has 1 aliphatic heterocycles. The third-order valence-corrected chi connectivity index (χ3v) is 4.01. The molecule has 104 valence electrons. The van der Waals surface area contributed by atoms with Gasteiger partial charge in [0, 0.05) is 26.1 Å². The third kappa shape index (κ3) is 4.06. The van der Waals surface area contributed by atoms with Crippen molar-refractivity contribution >= 4 is 5.91 Å². The number of benzene rings is 1. The normalized spacial score (nSPS) is 21.5. The average Bonchev–Trinajstić information content (AvgIpc) is 2.43. The topological polar surface area (TPSA) is 32.3 Å². The van der Waals surface area contributed by atoms with E-state index in [9.17, 15) is 4.79 Å². The van der Waals surface area contributed by atoms with Crippen LogP contribution in [0.4, 0.5) is 0 Å². The van der Waals surface area contributed by atoms with Gasteiger partial charge >= 0.3 is 0 Å². The number of carbonyl (C=O) groups is 1. The van der Waals surface area contributed by atoms with E-state index in [1.54, 1.807) is 0 Å². The summed E-state index contributed by atoms with van der Waals surface area (Å²) in [5, 5.41) is 3.58. The van der Waals surface area contributed by atoms with Crippen molar-refractivity contribution in [3.05, 3.63) is 35.9 Å². The van der Waals surface area contributed by atoms with Crippen molar-refractivity contribution in [2.75, 3.05) is 20.1 Å². The Labute approximate surface area is 116 Å². The summed E-state index contributed by atoms with van der Waals surface area (Å²) in [6.45, 7) is 4.13. The molecule has 0 spiro atoms. The Balaban J connectivity index is 1.71. The third-order valence-electron chi connectivity index (χ3n) is 4.01. The Hall–Kier alpha value is -1.35. The van der Waals surface area contributed by atoms with Gasteiger partial charge in [0.1, 0.15) is 0 Å². The summed E-state index contributed by atoms with van der Waals surface area (Å²) < 4.78 is 0. The second-order valence-electron chi connectivity index (χ2n) is 5.56. The highest BCUT2D eigenvalue weighted by atomic mass is 16.2. The van der Waals surface area contributed by atoms with E-state index in [0.29, 0.717) is 18.4 Å². The number of nitrogens with zero attached hydrogens (tertiary/aromatic N) is 1. The minimum atomic E-state index is 0.274. The molecule has 2 atom stereocenters. The highest BCUT2D eigenvalue weighted by Gasteiger charge is 2.22. The molecular weight excluding hydrogens is 236 g/mol. The summed E-state index contributed by atoms with van der Waals surface area (Å²) in [5.74, 6) is 0.854. The fourth-order valence-corrected chi connectivity index (χ4v) is 2.63. The molecule has 2 rings (SSSR count). The van der Waals surface area contributed by atoms with Crippen LogP contribution in [0.1, 0.15) is 37.7 Å². The Kier molecular flexibility index (Phi) is 4.97. The first kappa shape index (κ1) is 14.1. The number of piperidine rings is 1. The first-order valence-electron chi connectivity index (χ1n) is 7.19. The fourth-order valence-electron chi connectivity index (χ4n) is 2.63. The molecule has 0 aliphatic carbocycles. The molecule has 1 aliphatic rings. The molecule has 0 saturated carbocycles. The lowest BCUT2D eigenvalue weighted by atomic mass is 9.97. The van der Waals surface area contributed by atoms with Crippen LogP contribution >= 0.6 is 0 Å². The molecule has 0 aromatic heterocycles. The van der Waals surface area contributed by atoms with E-state index in [0.717, 1.165) is 25.9 Å². The van der Waals surface area contributed by atoms with E-state index in [1.165, 1.54) is 5.56 Å². The number of amides is 1. The standard InChI is InChI=1S/C16H24N2O/c1-13(14-6-4-3-5-7-14)10-11-17-15-8-9-16(19)18(2)12-15/h3-7,13,15,17H,8-12H2,1-2H3. The smallest absolute Gasteiger partial charge is 0.222 e. The molecule has 1 saturated heterocycles. The number of hydrogen-bond acceptors (Lipinski definition) is 2. The van der Waals surface area contributed by atoms with Crippen molar-refractivity contribution in [3.63, 3.8) is 0 Å². The first-order valence-corrected chi connectivity index (χ1v) is 7.19. The first-order chi connectivity index (χ1) is 9.16. The zero-order chi connectivity index (χ0) is 13.7. The van der Waals surface area contributed by atoms with E-state index in [2.05, 4.69) is 42.6 Å². The van der Waals surface area contributed by atoms with Gasteiger partial charge in [0.25, 0.3) is 0 Å². The maximum absolute atomic E-state index is 11.4. The van der Waals surface area contributed by atoms with Gasteiger partial charge in [-0.2, -0.15) is 0 Å². The molecule has 3 nitrogen and oxygen atoms in total. The van der Waals surface area contributed by atoms with Crippen molar-refractivity contribution in [2.24, 2.45) is 0 Å². The van der Waals surface area contributed by atoms with Gasteiger partial charge in [0.2, 0.25) is 5.91 Å². The second kappa shape index (κ2) is 6.71. The van der Waals surface area contributed by atoms with Crippen molar-refractivity contribution in [1.29, 1.82) is 0 Å². The van der Waals surface area contributed by atoms with Gasteiger partial charge in [-0.05, 0) is 30.9 Å². The van der Waals surface area contributed by atoms with Gasteiger partial charge in [-0.1, -0.05) is 37.3 Å². The van der Waals surface area contributed by atoms with Gasteiger partial charge in [0.05, 0.1) is 0 Å². The fraction of sp³-hybridized carbons (Fsp3) is 0.562. The molecule has 1 amide bonds. The molecule has 3 heteroatoms. The molecule has 1 aromatic rings. The summed E-state index contributed by atoms with van der Waals surface area (Å²) in [4.78, 5) is 13.2. The summed E-state index contributed by atoms with van der Waals surface area (Å²) in [6, 6.07) is 11.1. The quantitative estimate of drug-likeness (QED) is 0.881. The monoisotopic (exact) mass is 260 g/mol. The summed E-state index contributed by atoms with van der Waals surface area (Å²) in [6.07, 6.45) is 2.80. The van der Waals surface area contributed by atoms with Gasteiger partial charge in [-0.25, -0.2) is 0 Å². The molecule has 19 heavy (non-hydrogen) atoms. The van der Waals surface area contributed by atoms with E-state index < -0.39 is 0 Å². The highest BCUT2D eigenvalue weighted by molar-refractivity contribution is 5.76. The number of carbonyl (C=O) groups excluding carboxylic acids is 1. The van der Waals surface area contributed by atoms with Gasteiger partial charge in [-0.3, -0.25) is 4.79 Å². The lowest BCUT2D eigenvalue weighted by molar-refractivity contribution is -0.132. The van der Waals surface area contributed by atoms with E-state index in [-0.39, 0.29) is 5.91 Å². The Bertz CT molecular complexity index is 404. The van der Waals surface area contributed by atoms with Crippen LogP contribution in [-0.2, 0) is 4.79 Å². The van der Waals surface area contributed by atoms with Crippen LogP contribution in [0.15, 0.2) is 30.3 Å². The molecule has 1 aromatic carbocycles. The number of hydrogen-bond donors (Lipinski definition) is 1. The maximum atomic E-state index is 11.4. The van der Waals surface area contributed by atoms with Crippen LogP contribution in [0.5, 0.6) is 0 Å². The van der Waals surface area contributed by atoms with Crippen molar-refractivity contribution in [3.8, 4) is 0 Å². The average molecular weight is 260 g/mol. The Morgan fingerprint density at radius 3 is 2.79 bits per heavy atom. The zero-order valence-electron chi connectivity index (χ0n) is 11.9. The number of likely N-dealkylation sites (tertiary alicyclic amines) is 1. The molecule has 1 fully saturated rings. The van der Waals surface area contributed by atoms with E-state index >= 15 is 0 Å². The predicted octanol–water partition coefficient (Wildman–Crippen LogP) is 2.39. The minimum Gasteiger partial charge on any atom is -0.344 e. The van der Waals surface area contributed by atoms with E-state index in [1.807, 2.05) is 11.9 Å². The van der Waals surface area contributed by atoms with Crippen LogP contribution in [-0.4, -0.2) is 37.0 Å². The molecule has 1 heterocycles. The second-order valence-corrected chi connectivity index (χ2v) is 5.56. The highest BCUT2D eigenvalue weighted by Crippen LogP contribution is 2.18. The van der Waals surface area contributed by atoms with Crippen LogP contribution < -0.4 is 5.32 Å². The summed E-state index contributed by atoms with van der Waals surface area (Å²) >= 11 is 0. The van der Waals surface area contributed by atoms with E-state index in [4.69, 9.17) is 0 Å². The largest absolute Gasteiger partial charge is 0.344 e. The van der Waals surface area contributed by atoms with Gasteiger partial charge in [-0.15, -0.1) is 0 Å². The molecular formula is C16H24N2O. The SMILES string of the molecule is CC(CCNC1CCC(=O)N(C)C1)c1ccccc1. The number of nitrogens with one attached hydrogen (secondary N) is 1. The van der Waals surface area contributed by atoms with Gasteiger partial charge in [0.15, 0.2) is 0 Å². The van der Waals surface area contributed by atoms with Crippen molar-refractivity contribution in [1.82, 2.24) is 10.2 Å². The van der Waals surface area contributed by atoms with Crippen LogP contribution in [0, 0.1) is 0 Å². The molecule has 0 bridgehead atoms. The zero-order valence-corrected chi connectivity index (χ0v) is 11.9. The van der Waals surface area contributed by atoms with Crippen molar-refractivity contribution in [2.45, 2.75) is 38.1 Å². The summed E-state index contributed by atoms with van der Waals surface area (Å²) in [7, 11) is 1.89. The maximum Gasteiger partial charge on any atom is 0.222 e. The lowest BCUT2D eigenvalue weighted by Crippen LogP contribution is -2.46. The molecule has 1 N–H and O–H groups in total. The van der Waals surface area contributed by atoms with Crippen molar-refractivity contribution < 1.29 is 4.79 Å². The number of rotatable bonds is 5. The molecule has 0 radical (unpaired) electrons. The number of likely N-dealkylation sites (N-methyl/N-ethyl adjacent to an activating group) is 1. The van der Waals surface area contributed by atoms with Crippen LogP contribution in [0.3, 0.4) is 0 Å².